The molecule has 0 aliphatic heterocycles. The van der Waals surface area contributed by atoms with Gasteiger partial charge >= 0.3 is 11.8 Å². The number of benzene rings is 1. The molecule has 6 nitrogen and oxygen atoms in total. The van der Waals surface area contributed by atoms with Gasteiger partial charge in [0, 0.05) is 20.3 Å². The monoisotopic (exact) mass is 331 g/mol. The first-order valence-corrected chi connectivity index (χ1v) is 6.85. The second kappa shape index (κ2) is 9.33. The summed E-state index contributed by atoms with van der Waals surface area (Å²) < 4.78 is 4.82. The van der Waals surface area contributed by atoms with Crippen LogP contribution in [0.4, 0.5) is 0 Å². The molecular weight excluding hydrogens is 317 g/mol. The third-order valence-electron chi connectivity index (χ3n) is 2.34. The SMILES string of the molecule is COCCCNC(=O)C(=O)N/N=C/c1ccc(Cl)c(Cl)c1. The number of nitrogens with zero attached hydrogens (tertiary/aromatic N) is 1. The van der Waals surface area contributed by atoms with Gasteiger partial charge in [-0.15, -0.1) is 0 Å². The van der Waals surface area contributed by atoms with Gasteiger partial charge in [0.15, 0.2) is 0 Å². The number of hydrogen-bond donors (Lipinski definition) is 2. The average molecular weight is 332 g/mol. The van der Waals surface area contributed by atoms with Crippen molar-refractivity contribution in [2.45, 2.75) is 6.42 Å². The van der Waals surface area contributed by atoms with Gasteiger partial charge in [0.2, 0.25) is 0 Å². The molecule has 21 heavy (non-hydrogen) atoms. The lowest BCUT2D eigenvalue weighted by Gasteiger charge is -2.03. The lowest BCUT2D eigenvalue weighted by Crippen LogP contribution is -2.38. The highest BCUT2D eigenvalue weighted by Crippen LogP contribution is 2.21. The molecule has 0 aliphatic carbocycles. The molecule has 0 aromatic heterocycles. The van der Waals surface area contributed by atoms with Crippen LogP contribution in [-0.2, 0) is 14.3 Å². The summed E-state index contributed by atoms with van der Waals surface area (Å²) in [6, 6.07) is 4.87. The maximum atomic E-state index is 11.4. The van der Waals surface area contributed by atoms with Crippen molar-refractivity contribution in [2.24, 2.45) is 5.10 Å². The summed E-state index contributed by atoms with van der Waals surface area (Å²) in [5.74, 6) is -1.60. The van der Waals surface area contributed by atoms with Crippen molar-refractivity contribution in [3.8, 4) is 0 Å². The normalized spacial score (nSPS) is 10.6. The van der Waals surface area contributed by atoms with E-state index in [1.54, 1.807) is 25.3 Å². The van der Waals surface area contributed by atoms with Crippen LogP contribution in [0.5, 0.6) is 0 Å². The van der Waals surface area contributed by atoms with E-state index >= 15 is 0 Å². The van der Waals surface area contributed by atoms with E-state index in [2.05, 4.69) is 15.8 Å². The molecule has 2 amide bonds. The zero-order chi connectivity index (χ0) is 15.7. The maximum absolute atomic E-state index is 11.4. The molecule has 0 radical (unpaired) electrons. The maximum Gasteiger partial charge on any atom is 0.329 e. The molecule has 0 bridgehead atoms. The lowest BCUT2D eigenvalue weighted by atomic mass is 10.2. The summed E-state index contributed by atoms with van der Waals surface area (Å²) in [7, 11) is 1.56. The fourth-order valence-electron chi connectivity index (χ4n) is 1.31. The second-order valence-electron chi connectivity index (χ2n) is 3.97. The third kappa shape index (κ3) is 6.57. The van der Waals surface area contributed by atoms with Gasteiger partial charge in [0.25, 0.3) is 0 Å². The van der Waals surface area contributed by atoms with Gasteiger partial charge in [-0.25, -0.2) is 5.43 Å². The van der Waals surface area contributed by atoms with E-state index in [0.29, 0.717) is 35.2 Å². The number of methoxy groups -OCH3 is 1. The Morgan fingerprint density at radius 1 is 1.29 bits per heavy atom. The van der Waals surface area contributed by atoms with Gasteiger partial charge in [0.05, 0.1) is 16.3 Å². The number of ether oxygens (including phenoxy) is 1. The average Bonchev–Trinajstić information content (AvgIpc) is 2.47. The van der Waals surface area contributed by atoms with E-state index in [1.807, 2.05) is 0 Å². The highest BCUT2D eigenvalue weighted by molar-refractivity contribution is 6.42. The number of amides is 2. The van der Waals surface area contributed by atoms with Crippen molar-refractivity contribution in [2.75, 3.05) is 20.3 Å². The molecule has 114 valence electrons. The Balaban J connectivity index is 2.39. The fraction of sp³-hybridized carbons (Fsp3) is 0.308. The summed E-state index contributed by atoms with van der Waals surface area (Å²) in [5, 5.41) is 6.91. The van der Waals surface area contributed by atoms with Crippen LogP contribution in [0.1, 0.15) is 12.0 Å². The molecule has 1 aromatic rings. The Labute approximate surface area is 132 Å². The standard InChI is InChI=1S/C13H15Cl2N3O3/c1-21-6-2-5-16-12(19)13(20)18-17-8-9-3-4-10(14)11(15)7-9/h3-4,7-8H,2,5-6H2,1H3,(H,16,19)(H,18,20)/b17-8+. The van der Waals surface area contributed by atoms with E-state index in [4.69, 9.17) is 27.9 Å². The minimum Gasteiger partial charge on any atom is -0.385 e. The molecule has 0 saturated carbocycles. The number of hydrogen-bond acceptors (Lipinski definition) is 4. The Morgan fingerprint density at radius 3 is 2.71 bits per heavy atom. The van der Waals surface area contributed by atoms with E-state index in [1.165, 1.54) is 6.21 Å². The van der Waals surface area contributed by atoms with Crippen LogP contribution in [0.2, 0.25) is 10.0 Å². The Kier molecular flexibility index (Phi) is 7.74. The van der Waals surface area contributed by atoms with Crippen LogP contribution >= 0.6 is 23.2 Å². The number of carbonyl (C=O) groups excluding carboxylic acids is 2. The van der Waals surface area contributed by atoms with Gasteiger partial charge in [-0.05, 0) is 24.1 Å². The van der Waals surface area contributed by atoms with Gasteiger partial charge in [0.1, 0.15) is 0 Å². The topological polar surface area (TPSA) is 79.8 Å². The Morgan fingerprint density at radius 2 is 2.05 bits per heavy atom. The molecule has 1 rings (SSSR count). The van der Waals surface area contributed by atoms with Crippen molar-refractivity contribution in [1.82, 2.24) is 10.7 Å². The molecule has 0 saturated heterocycles. The van der Waals surface area contributed by atoms with Gasteiger partial charge in [-0.2, -0.15) is 5.10 Å². The first-order chi connectivity index (χ1) is 10.0. The van der Waals surface area contributed by atoms with Crippen molar-refractivity contribution >= 4 is 41.2 Å². The van der Waals surface area contributed by atoms with E-state index in [9.17, 15) is 9.59 Å². The van der Waals surface area contributed by atoms with Crippen molar-refractivity contribution < 1.29 is 14.3 Å². The first kappa shape index (κ1) is 17.4. The minimum atomic E-state index is -0.844. The number of halogens is 2. The molecular formula is C13H15Cl2N3O3. The van der Waals surface area contributed by atoms with Crippen LogP contribution in [-0.4, -0.2) is 38.3 Å². The third-order valence-corrected chi connectivity index (χ3v) is 3.08. The van der Waals surface area contributed by atoms with Gasteiger partial charge in [-0.3, -0.25) is 9.59 Å². The van der Waals surface area contributed by atoms with Crippen LogP contribution in [0, 0.1) is 0 Å². The quantitative estimate of drug-likeness (QED) is 0.359. The van der Waals surface area contributed by atoms with Gasteiger partial charge in [-0.1, -0.05) is 29.3 Å². The number of rotatable bonds is 6. The molecule has 0 heterocycles. The van der Waals surface area contributed by atoms with Crippen molar-refractivity contribution in [3.05, 3.63) is 33.8 Å². The number of carbonyl (C=O) groups is 2. The molecule has 0 aliphatic rings. The highest BCUT2D eigenvalue weighted by Gasteiger charge is 2.11. The summed E-state index contributed by atoms with van der Waals surface area (Å²) in [4.78, 5) is 22.8. The van der Waals surface area contributed by atoms with E-state index in [-0.39, 0.29) is 0 Å². The summed E-state index contributed by atoms with van der Waals surface area (Å²) in [5.41, 5.74) is 2.76. The predicted octanol–water partition coefficient (Wildman–Crippen LogP) is 1.60. The fourth-order valence-corrected chi connectivity index (χ4v) is 1.61. The summed E-state index contributed by atoms with van der Waals surface area (Å²) in [6.07, 6.45) is 1.99. The van der Waals surface area contributed by atoms with Crippen molar-refractivity contribution in [1.29, 1.82) is 0 Å². The number of hydrazone groups is 1. The predicted molar refractivity (Wildman–Crippen MR) is 81.7 cm³/mol. The van der Waals surface area contributed by atoms with Gasteiger partial charge < -0.3 is 10.1 Å². The summed E-state index contributed by atoms with van der Waals surface area (Å²) >= 11 is 11.6. The first-order valence-electron chi connectivity index (χ1n) is 6.10. The summed E-state index contributed by atoms with van der Waals surface area (Å²) in [6.45, 7) is 0.869. The van der Waals surface area contributed by atoms with Crippen LogP contribution in [0.3, 0.4) is 0 Å². The lowest BCUT2D eigenvalue weighted by molar-refractivity contribution is -0.139. The molecule has 0 fully saturated rings. The van der Waals surface area contributed by atoms with Crippen LogP contribution in [0.15, 0.2) is 23.3 Å². The molecule has 2 N–H and O–H groups in total. The Bertz CT molecular complexity index is 535. The molecule has 0 unspecified atom stereocenters. The zero-order valence-electron chi connectivity index (χ0n) is 11.4. The molecule has 0 atom stereocenters. The minimum absolute atomic E-state index is 0.358. The van der Waals surface area contributed by atoms with Crippen LogP contribution < -0.4 is 10.7 Å². The molecule has 8 heteroatoms. The van der Waals surface area contributed by atoms with Crippen molar-refractivity contribution in [3.63, 3.8) is 0 Å². The van der Waals surface area contributed by atoms with E-state index in [0.717, 1.165) is 0 Å². The second-order valence-corrected chi connectivity index (χ2v) is 4.79. The highest BCUT2D eigenvalue weighted by atomic mass is 35.5. The molecule has 0 spiro atoms. The van der Waals surface area contributed by atoms with E-state index < -0.39 is 11.8 Å². The van der Waals surface area contributed by atoms with Crippen LogP contribution in [0.25, 0.3) is 0 Å². The zero-order valence-corrected chi connectivity index (χ0v) is 12.9. The smallest absolute Gasteiger partial charge is 0.329 e. The molecule has 1 aromatic carbocycles. The Hall–Kier alpha value is -1.63. The number of nitrogens with one attached hydrogen (secondary N) is 2. The largest absolute Gasteiger partial charge is 0.385 e.